The summed E-state index contributed by atoms with van der Waals surface area (Å²) in [6.07, 6.45) is 2.74. The van der Waals surface area contributed by atoms with Gasteiger partial charge in [0.1, 0.15) is 17.2 Å². The molecular formula is C18H27N5O4. The fraction of sp³-hybridized carbons (Fsp3) is 0.500. The molecule has 1 atom stereocenters. The molecule has 0 aliphatic carbocycles. The zero-order valence-corrected chi connectivity index (χ0v) is 16.3. The summed E-state index contributed by atoms with van der Waals surface area (Å²) in [6.45, 7) is 8.19. The Balaban J connectivity index is 2.00. The van der Waals surface area contributed by atoms with Gasteiger partial charge in [0.05, 0.1) is 37.4 Å². The number of rotatable bonds is 7. The smallest absolute Gasteiger partial charge is 0.407 e. The fourth-order valence-electron chi connectivity index (χ4n) is 2.28. The summed E-state index contributed by atoms with van der Waals surface area (Å²) in [7, 11) is 1.55. The van der Waals surface area contributed by atoms with Crippen molar-refractivity contribution in [3.8, 4) is 22.8 Å². The van der Waals surface area contributed by atoms with Crippen LogP contribution in [0.5, 0.6) is 11.5 Å². The number of aromatic nitrogens is 3. The first-order chi connectivity index (χ1) is 12.7. The number of anilines is 1. The van der Waals surface area contributed by atoms with Crippen molar-refractivity contribution in [2.45, 2.75) is 33.3 Å². The number of nitrogen functional groups attached to an aromatic ring is 1. The molecule has 2 aromatic heterocycles. The van der Waals surface area contributed by atoms with Crippen molar-refractivity contribution in [1.82, 2.24) is 20.5 Å². The second kappa shape index (κ2) is 8.61. The second-order valence-electron chi connectivity index (χ2n) is 7.22. The molecule has 0 aliphatic rings. The highest BCUT2D eigenvalue weighted by molar-refractivity contribution is 5.74. The highest BCUT2D eigenvalue weighted by Gasteiger charge is 2.18. The molecule has 0 saturated heterocycles. The number of pyridine rings is 1. The molecule has 0 unspecified atom stereocenters. The van der Waals surface area contributed by atoms with Crippen LogP contribution in [0.1, 0.15) is 27.7 Å². The lowest BCUT2D eigenvalue weighted by Gasteiger charge is -2.21. The molecule has 2 rings (SSSR count). The number of aromatic amines is 1. The summed E-state index contributed by atoms with van der Waals surface area (Å²) in [4.78, 5) is 15.9. The molecule has 0 aliphatic heterocycles. The standard InChI is InChI=1S/C18H27N5O4/c1-11(7-21-17(24)27-18(2,3)4)10-26-14-9-20-8-13(25-5)16(14)12-6-15(19)23-22-12/h6,8-9,11H,7,10H2,1-5H3,(H,21,24)(H3,19,22,23)/t11-/m1/s1. The molecule has 9 nitrogen and oxygen atoms in total. The van der Waals surface area contributed by atoms with Gasteiger partial charge in [-0.3, -0.25) is 10.1 Å². The van der Waals surface area contributed by atoms with Gasteiger partial charge in [0.2, 0.25) is 0 Å². The first kappa shape index (κ1) is 20.3. The van der Waals surface area contributed by atoms with Crippen molar-refractivity contribution in [3.05, 3.63) is 18.5 Å². The Morgan fingerprint density at radius 3 is 2.63 bits per heavy atom. The number of carbonyl (C=O) groups is 1. The van der Waals surface area contributed by atoms with Crippen LogP contribution in [-0.4, -0.2) is 47.1 Å². The number of nitrogens with zero attached hydrogens (tertiary/aromatic N) is 2. The molecule has 1 amide bonds. The van der Waals surface area contributed by atoms with Crippen LogP contribution in [0.2, 0.25) is 0 Å². The Hall–Kier alpha value is -2.97. The molecule has 9 heteroatoms. The van der Waals surface area contributed by atoms with Gasteiger partial charge in [-0.1, -0.05) is 6.92 Å². The van der Waals surface area contributed by atoms with E-state index < -0.39 is 11.7 Å². The van der Waals surface area contributed by atoms with E-state index in [2.05, 4.69) is 20.5 Å². The maximum Gasteiger partial charge on any atom is 0.407 e. The van der Waals surface area contributed by atoms with Gasteiger partial charge < -0.3 is 25.3 Å². The Bertz CT molecular complexity index is 769. The first-order valence-corrected chi connectivity index (χ1v) is 8.62. The number of H-pyrrole nitrogens is 1. The fourth-order valence-corrected chi connectivity index (χ4v) is 2.28. The van der Waals surface area contributed by atoms with Crippen LogP contribution in [0.4, 0.5) is 10.6 Å². The summed E-state index contributed by atoms with van der Waals surface area (Å²) >= 11 is 0. The highest BCUT2D eigenvalue weighted by atomic mass is 16.6. The topological polar surface area (TPSA) is 124 Å². The first-order valence-electron chi connectivity index (χ1n) is 8.62. The van der Waals surface area contributed by atoms with E-state index in [0.717, 1.165) is 0 Å². The van der Waals surface area contributed by atoms with Crippen molar-refractivity contribution in [3.63, 3.8) is 0 Å². The van der Waals surface area contributed by atoms with E-state index in [-0.39, 0.29) is 5.92 Å². The van der Waals surface area contributed by atoms with Crippen molar-refractivity contribution in [2.75, 3.05) is 26.0 Å². The van der Waals surface area contributed by atoms with Gasteiger partial charge in [0.25, 0.3) is 0 Å². The molecule has 2 aromatic rings. The third-order valence-corrected chi connectivity index (χ3v) is 3.48. The number of ether oxygens (including phenoxy) is 3. The van der Waals surface area contributed by atoms with E-state index in [1.807, 2.05) is 27.7 Å². The molecule has 0 aromatic carbocycles. The SMILES string of the molecule is COc1cncc(OC[C@H](C)CNC(=O)OC(C)(C)C)c1-c1cc(N)n[nH]1. The molecule has 0 bridgehead atoms. The number of methoxy groups -OCH3 is 1. The number of carbonyl (C=O) groups excluding carboxylic acids is 1. The highest BCUT2D eigenvalue weighted by Crippen LogP contribution is 2.37. The van der Waals surface area contributed by atoms with Gasteiger partial charge in [-0.15, -0.1) is 0 Å². The van der Waals surface area contributed by atoms with Crippen molar-refractivity contribution in [1.29, 1.82) is 0 Å². The maximum atomic E-state index is 11.7. The van der Waals surface area contributed by atoms with Crippen molar-refractivity contribution >= 4 is 11.9 Å². The van der Waals surface area contributed by atoms with Gasteiger partial charge in [-0.05, 0) is 20.8 Å². The quantitative estimate of drug-likeness (QED) is 0.677. The van der Waals surface area contributed by atoms with Crippen LogP contribution >= 0.6 is 0 Å². The molecule has 2 heterocycles. The van der Waals surface area contributed by atoms with Crippen LogP contribution in [-0.2, 0) is 4.74 Å². The molecular weight excluding hydrogens is 350 g/mol. The number of nitrogens with two attached hydrogens (primary N) is 1. The van der Waals surface area contributed by atoms with Gasteiger partial charge >= 0.3 is 6.09 Å². The zero-order chi connectivity index (χ0) is 20.0. The van der Waals surface area contributed by atoms with Crippen molar-refractivity contribution < 1.29 is 19.0 Å². The molecule has 0 fully saturated rings. The predicted molar refractivity (Wildman–Crippen MR) is 102 cm³/mol. The molecule has 0 saturated carbocycles. The monoisotopic (exact) mass is 377 g/mol. The zero-order valence-electron chi connectivity index (χ0n) is 16.3. The lowest BCUT2D eigenvalue weighted by Crippen LogP contribution is -2.35. The number of nitrogens with one attached hydrogen (secondary N) is 2. The maximum absolute atomic E-state index is 11.7. The third kappa shape index (κ3) is 6.05. The normalized spacial score (nSPS) is 12.3. The summed E-state index contributed by atoms with van der Waals surface area (Å²) < 4.78 is 16.5. The van der Waals surface area contributed by atoms with Crippen LogP contribution < -0.4 is 20.5 Å². The average Bonchev–Trinajstić information content (AvgIpc) is 3.02. The van der Waals surface area contributed by atoms with Crippen LogP contribution in [0.25, 0.3) is 11.3 Å². The minimum atomic E-state index is -0.531. The molecule has 148 valence electrons. The number of amides is 1. The Morgan fingerprint density at radius 2 is 2.04 bits per heavy atom. The van der Waals surface area contributed by atoms with E-state index in [9.17, 15) is 4.79 Å². The van der Waals surface area contributed by atoms with E-state index in [1.54, 1.807) is 25.6 Å². The lowest BCUT2D eigenvalue weighted by molar-refractivity contribution is 0.0516. The predicted octanol–water partition coefficient (Wildman–Crippen LogP) is 2.60. The van der Waals surface area contributed by atoms with Crippen LogP contribution in [0.15, 0.2) is 18.5 Å². The third-order valence-electron chi connectivity index (χ3n) is 3.48. The van der Waals surface area contributed by atoms with E-state index in [1.165, 1.54) is 0 Å². The molecule has 0 radical (unpaired) electrons. The summed E-state index contributed by atoms with van der Waals surface area (Å²) in [6, 6.07) is 1.69. The number of hydrogen-bond acceptors (Lipinski definition) is 7. The Morgan fingerprint density at radius 1 is 1.33 bits per heavy atom. The largest absolute Gasteiger partial charge is 0.494 e. The minimum absolute atomic E-state index is 0.0448. The number of alkyl carbamates (subject to hydrolysis) is 1. The number of hydrogen-bond donors (Lipinski definition) is 3. The average molecular weight is 377 g/mol. The summed E-state index contributed by atoms with van der Waals surface area (Å²) in [5, 5.41) is 9.53. The lowest BCUT2D eigenvalue weighted by atomic mass is 10.1. The summed E-state index contributed by atoms with van der Waals surface area (Å²) in [5.41, 5.74) is 6.52. The van der Waals surface area contributed by atoms with Crippen LogP contribution in [0.3, 0.4) is 0 Å². The van der Waals surface area contributed by atoms with Gasteiger partial charge in [-0.25, -0.2) is 4.79 Å². The minimum Gasteiger partial charge on any atom is -0.494 e. The van der Waals surface area contributed by atoms with Gasteiger partial charge in [0.15, 0.2) is 5.75 Å². The van der Waals surface area contributed by atoms with Crippen LogP contribution in [0, 0.1) is 5.92 Å². The molecule has 4 N–H and O–H groups in total. The molecule has 27 heavy (non-hydrogen) atoms. The van der Waals surface area contributed by atoms with E-state index in [0.29, 0.717) is 41.7 Å². The Kier molecular flexibility index (Phi) is 6.49. The Labute approximate surface area is 158 Å². The van der Waals surface area contributed by atoms with Gasteiger partial charge in [-0.2, -0.15) is 5.10 Å². The van der Waals surface area contributed by atoms with E-state index >= 15 is 0 Å². The van der Waals surface area contributed by atoms with Gasteiger partial charge in [0, 0.05) is 18.5 Å². The van der Waals surface area contributed by atoms with Crippen molar-refractivity contribution in [2.24, 2.45) is 5.92 Å². The van der Waals surface area contributed by atoms with E-state index in [4.69, 9.17) is 19.9 Å². The second-order valence-corrected chi connectivity index (χ2v) is 7.22. The summed E-state index contributed by atoms with van der Waals surface area (Å²) in [5.74, 6) is 1.48. The molecule has 0 spiro atoms.